The van der Waals surface area contributed by atoms with Gasteiger partial charge in [0, 0.05) is 19.2 Å². The zero-order valence-electron chi connectivity index (χ0n) is 10.6. The van der Waals surface area contributed by atoms with E-state index in [0.29, 0.717) is 11.5 Å². The van der Waals surface area contributed by atoms with E-state index in [2.05, 4.69) is 20.4 Å². The summed E-state index contributed by atoms with van der Waals surface area (Å²) in [5.41, 5.74) is 0.699. The summed E-state index contributed by atoms with van der Waals surface area (Å²) < 4.78 is 1.39. The number of aliphatic hydroxyl groups is 1. The van der Waals surface area contributed by atoms with E-state index in [4.69, 9.17) is 10.2 Å². The first-order valence-electron chi connectivity index (χ1n) is 5.84. The summed E-state index contributed by atoms with van der Waals surface area (Å²) in [5, 5.41) is 24.0. The highest BCUT2D eigenvalue weighted by Gasteiger charge is 2.22. The second-order valence-corrected chi connectivity index (χ2v) is 4.11. The molecule has 9 heteroatoms. The average molecular weight is 279 g/mol. The van der Waals surface area contributed by atoms with Gasteiger partial charge in [0.05, 0.1) is 11.3 Å². The Balaban J connectivity index is 2.26. The number of fused-ring (bicyclic) bond motifs is 1. The number of nitrogens with one attached hydrogen (secondary N) is 1. The number of amides is 1. The molecule has 1 amide bonds. The van der Waals surface area contributed by atoms with E-state index < -0.39 is 17.9 Å². The summed E-state index contributed by atoms with van der Waals surface area (Å²) in [6.45, 7) is 1.32. The van der Waals surface area contributed by atoms with Crippen molar-refractivity contribution in [1.82, 2.24) is 24.9 Å². The Bertz CT molecular complexity index is 653. The first-order chi connectivity index (χ1) is 9.54. The first-order valence-corrected chi connectivity index (χ1v) is 5.84. The van der Waals surface area contributed by atoms with Crippen molar-refractivity contribution in [3.8, 4) is 0 Å². The summed E-state index contributed by atoms with van der Waals surface area (Å²) in [6.07, 6.45) is 2.55. The van der Waals surface area contributed by atoms with Crippen LogP contribution in [-0.2, 0) is 4.79 Å². The lowest BCUT2D eigenvalue weighted by atomic mass is 10.1. The number of aryl methyl sites for hydroxylation is 1. The van der Waals surface area contributed by atoms with Crippen molar-refractivity contribution in [3.05, 3.63) is 23.8 Å². The Morgan fingerprint density at radius 2 is 2.20 bits per heavy atom. The Labute approximate surface area is 113 Å². The van der Waals surface area contributed by atoms with Crippen molar-refractivity contribution in [2.24, 2.45) is 0 Å². The molecular weight excluding hydrogens is 266 g/mol. The molecule has 2 aromatic heterocycles. The first kappa shape index (κ1) is 13.9. The predicted molar refractivity (Wildman–Crippen MR) is 66.1 cm³/mol. The molecule has 0 radical (unpaired) electrons. The second-order valence-electron chi connectivity index (χ2n) is 4.11. The zero-order chi connectivity index (χ0) is 14.7. The molecule has 0 aliphatic rings. The Hall–Kier alpha value is -2.55. The Kier molecular flexibility index (Phi) is 3.89. The normalized spacial score (nSPS) is 12.3. The van der Waals surface area contributed by atoms with E-state index in [1.807, 2.05) is 0 Å². The lowest BCUT2D eigenvalue weighted by molar-refractivity contribution is -0.139. The van der Waals surface area contributed by atoms with Gasteiger partial charge in [-0.15, -0.1) is 0 Å². The van der Waals surface area contributed by atoms with Gasteiger partial charge in [-0.3, -0.25) is 4.79 Å². The maximum absolute atomic E-state index is 12.1. The molecule has 106 valence electrons. The number of hydrogen-bond acceptors (Lipinski definition) is 6. The molecule has 2 rings (SSSR count). The summed E-state index contributed by atoms with van der Waals surface area (Å²) in [5.74, 6) is -1.45. The second kappa shape index (κ2) is 5.61. The smallest absolute Gasteiger partial charge is 0.326 e. The standard InChI is InChI=1S/C11H13N5O4/c1-6-7(4-12-11-13-5-14-16(6)11)9(18)15-8(2-3-17)10(19)20/h4-5,8,17H,2-3H2,1H3,(H,15,18)(H,19,20). The molecule has 0 fully saturated rings. The van der Waals surface area contributed by atoms with Crippen LogP contribution in [0.2, 0.25) is 0 Å². The minimum absolute atomic E-state index is 0.0703. The SMILES string of the molecule is Cc1c(C(=O)NC(CCO)C(=O)O)cnc2ncnn12. The van der Waals surface area contributed by atoms with Crippen LogP contribution in [-0.4, -0.2) is 54.3 Å². The third-order valence-electron chi connectivity index (χ3n) is 2.81. The van der Waals surface area contributed by atoms with Crippen LogP contribution < -0.4 is 5.32 Å². The minimum atomic E-state index is -1.21. The van der Waals surface area contributed by atoms with E-state index in [1.165, 1.54) is 17.0 Å². The molecule has 0 spiro atoms. The molecule has 20 heavy (non-hydrogen) atoms. The van der Waals surface area contributed by atoms with Crippen LogP contribution in [0.15, 0.2) is 12.5 Å². The van der Waals surface area contributed by atoms with Crippen LogP contribution in [0.4, 0.5) is 0 Å². The molecule has 2 heterocycles. The summed E-state index contributed by atoms with van der Waals surface area (Å²) >= 11 is 0. The highest BCUT2D eigenvalue weighted by Crippen LogP contribution is 2.08. The maximum atomic E-state index is 12.1. The van der Waals surface area contributed by atoms with Gasteiger partial charge >= 0.3 is 5.97 Å². The van der Waals surface area contributed by atoms with Crippen molar-refractivity contribution in [2.75, 3.05) is 6.61 Å². The van der Waals surface area contributed by atoms with E-state index >= 15 is 0 Å². The fraction of sp³-hybridized carbons (Fsp3) is 0.364. The molecule has 9 nitrogen and oxygen atoms in total. The molecule has 0 aliphatic carbocycles. The fourth-order valence-electron chi connectivity index (χ4n) is 1.74. The van der Waals surface area contributed by atoms with Crippen LogP contribution in [0.1, 0.15) is 22.5 Å². The van der Waals surface area contributed by atoms with Crippen LogP contribution in [0, 0.1) is 6.92 Å². The minimum Gasteiger partial charge on any atom is -0.480 e. The van der Waals surface area contributed by atoms with Crippen molar-refractivity contribution in [3.63, 3.8) is 0 Å². The molecule has 1 unspecified atom stereocenters. The number of rotatable bonds is 5. The summed E-state index contributed by atoms with van der Waals surface area (Å²) in [4.78, 5) is 30.8. The van der Waals surface area contributed by atoms with Crippen LogP contribution >= 0.6 is 0 Å². The van der Waals surface area contributed by atoms with Crippen molar-refractivity contribution < 1.29 is 19.8 Å². The molecule has 3 N–H and O–H groups in total. The van der Waals surface area contributed by atoms with E-state index in [9.17, 15) is 9.59 Å². The van der Waals surface area contributed by atoms with Gasteiger partial charge in [-0.25, -0.2) is 14.3 Å². The lowest BCUT2D eigenvalue weighted by Crippen LogP contribution is -2.41. The number of aliphatic hydroxyl groups excluding tert-OH is 1. The van der Waals surface area contributed by atoms with Crippen LogP contribution in [0.25, 0.3) is 5.78 Å². The molecule has 0 bridgehead atoms. The van der Waals surface area contributed by atoms with Crippen molar-refractivity contribution in [2.45, 2.75) is 19.4 Å². The number of carboxylic acid groups (broad SMARTS) is 1. The molecule has 0 saturated heterocycles. The van der Waals surface area contributed by atoms with Crippen molar-refractivity contribution >= 4 is 17.7 Å². The summed E-state index contributed by atoms with van der Waals surface area (Å²) in [7, 11) is 0. The molecule has 0 saturated carbocycles. The number of aliphatic carboxylic acids is 1. The van der Waals surface area contributed by atoms with Crippen LogP contribution in [0.3, 0.4) is 0 Å². The Morgan fingerprint density at radius 1 is 1.45 bits per heavy atom. The van der Waals surface area contributed by atoms with Gasteiger partial charge in [0.1, 0.15) is 12.4 Å². The monoisotopic (exact) mass is 279 g/mol. The largest absolute Gasteiger partial charge is 0.480 e. The number of carboxylic acids is 1. The molecule has 0 aliphatic heterocycles. The predicted octanol–water partition coefficient (Wildman–Crippen LogP) is -1.00. The number of aromatic nitrogens is 4. The van der Waals surface area contributed by atoms with Gasteiger partial charge < -0.3 is 15.5 Å². The van der Waals surface area contributed by atoms with E-state index in [1.54, 1.807) is 6.92 Å². The van der Waals surface area contributed by atoms with Gasteiger partial charge in [-0.1, -0.05) is 0 Å². The number of hydrogen-bond donors (Lipinski definition) is 3. The number of carbonyl (C=O) groups is 2. The van der Waals surface area contributed by atoms with Crippen molar-refractivity contribution in [1.29, 1.82) is 0 Å². The highest BCUT2D eigenvalue weighted by molar-refractivity contribution is 5.97. The van der Waals surface area contributed by atoms with E-state index in [0.717, 1.165) is 0 Å². The molecular formula is C11H13N5O4. The maximum Gasteiger partial charge on any atom is 0.326 e. The fourth-order valence-corrected chi connectivity index (χ4v) is 1.74. The molecule has 0 aromatic carbocycles. The Morgan fingerprint density at radius 3 is 2.85 bits per heavy atom. The quantitative estimate of drug-likeness (QED) is 0.639. The van der Waals surface area contributed by atoms with E-state index in [-0.39, 0.29) is 18.6 Å². The molecule has 2 aromatic rings. The zero-order valence-corrected chi connectivity index (χ0v) is 10.6. The lowest BCUT2D eigenvalue weighted by Gasteiger charge is -2.14. The highest BCUT2D eigenvalue weighted by atomic mass is 16.4. The third-order valence-corrected chi connectivity index (χ3v) is 2.81. The van der Waals surface area contributed by atoms with Crippen LogP contribution in [0.5, 0.6) is 0 Å². The summed E-state index contributed by atoms with van der Waals surface area (Å²) in [6, 6.07) is -1.15. The van der Waals surface area contributed by atoms with Gasteiger partial charge in [-0.05, 0) is 6.92 Å². The number of nitrogens with zero attached hydrogens (tertiary/aromatic N) is 4. The topological polar surface area (TPSA) is 130 Å². The average Bonchev–Trinajstić information content (AvgIpc) is 2.87. The van der Waals surface area contributed by atoms with Gasteiger partial charge in [-0.2, -0.15) is 10.1 Å². The van der Waals surface area contributed by atoms with Gasteiger partial charge in [0.25, 0.3) is 11.7 Å². The molecule has 1 atom stereocenters. The third kappa shape index (κ3) is 2.57. The number of carbonyl (C=O) groups excluding carboxylic acids is 1. The van der Waals surface area contributed by atoms with Gasteiger partial charge in [0.15, 0.2) is 0 Å². The van der Waals surface area contributed by atoms with Gasteiger partial charge in [0.2, 0.25) is 0 Å².